The zero-order valence-electron chi connectivity index (χ0n) is 12.8. The van der Waals surface area contributed by atoms with Crippen molar-refractivity contribution in [3.8, 4) is 0 Å². The first-order valence-corrected chi connectivity index (χ1v) is 8.66. The summed E-state index contributed by atoms with van der Waals surface area (Å²) in [7, 11) is -3.83. The number of sulfonamides is 1. The van der Waals surface area contributed by atoms with Crippen molar-refractivity contribution >= 4 is 10.0 Å². The van der Waals surface area contributed by atoms with Crippen molar-refractivity contribution in [2.45, 2.75) is 57.6 Å². The molecule has 1 unspecified atom stereocenters. The van der Waals surface area contributed by atoms with E-state index >= 15 is 0 Å². The zero-order valence-corrected chi connectivity index (χ0v) is 13.6. The maximum atomic E-state index is 13.3. The fourth-order valence-electron chi connectivity index (χ4n) is 2.13. The van der Waals surface area contributed by atoms with Gasteiger partial charge in [0.05, 0.1) is 11.5 Å². The van der Waals surface area contributed by atoms with Gasteiger partial charge in [-0.25, -0.2) is 17.5 Å². The van der Waals surface area contributed by atoms with Crippen molar-refractivity contribution in [3.63, 3.8) is 0 Å². The molecule has 0 heterocycles. The number of rotatable bonds is 8. The minimum absolute atomic E-state index is 0.193. The molecule has 1 rings (SSSR count). The van der Waals surface area contributed by atoms with E-state index in [1.807, 2.05) is 0 Å². The molecular weight excluding hydrogens is 293 g/mol. The zero-order chi connectivity index (χ0) is 16.0. The maximum Gasteiger partial charge on any atom is 0.241 e. The summed E-state index contributed by atoms with van der Waals surface area (Å²) in [4.78, 5) is -0.194. The fourth-order valence-corrected chi connectivity index (χ4v) is 3.65. The van der Waals surface area contributed by atoms with Crippen molar-refractivity contribution in [1.29, 1.82) is 0 Å². The number of benzene rings is 1. The first-order chi connectivity index (χ1) is 9.76. The van der Waals surface area contributed by atoms with E-state index in [1.54, 1.807) is 6.92 Å². The number of hydrogen-bond donors (Lipinski definition) is 2. The van der Waals surface area contributed by atoms with E-state index in [0.29, 0.717) is 5.92 Å². The van der Waals surface area contributed by atoms with Gasteiger partial charge in [-0.3, -0.25) is 0 Å². The molecule has 0 aliphatic rings. The van der Waals surface area contributed by atoms with Crippen LogP contribution in [0.15, 0.2) is 23.1 Å². The molecular formula is C15H24FNO3S. The number of nitrogens with one attached hydrogen (secondary N) is 1. The smallest absolute Gasteiger partial charge is 0.241 e. The molecule has 21 heavy (non-hydrogen) atoms. The van der Waals surface area contributed by atoms with Crippen LogP contribution in [0.2, 0.25) is 0 Å². The van der Waals surface area contributed by atoms with Crippen LogP contribution in [0, 0.1) is 11.7 Å². The molecule has 0 radical (unpaired) electrons. The molecule has 1 atom stereocenters. The molecule has 0 bridgehead atoms. The lowest BCUT2D eigenvalue weighted by Gasteiger charge is -2.16. The fraction of sp³-hybridized carbons (Fsp3) is 0.600. The Bertz CT molecular complexity index is 558. The van der Waals surface area contributed by atoms with E-state index in [0.717, 1.165) is 31.4 Å². The van der Waals surface area contributed by atoms with Crippen LogP contribution in [0.3, 0.4) is 0 Å². The third-order valence-electron chi connectivity index (χ3n) is 3.26. The monoisotopic (exact) mass is 317 g/mol. The van der Waals surface area contributed by atoms with Crippen molar-refractivity contribution < 1.29 is 17.9 Å². The van der Waals surface area contributed by atoms with Gasteiger partial charge in [0.1, 0.15) is 5.82 Å². The van der Waals surface area contributed by atoms with Gasteiger partial charge < -0.3 is 5.11 Å². The Morgan fingerprint density at radius 3 is 2.48 bits per heavy atom. The highest BCUT2D eigenvalue weighted by molar-refractivity contribution is 7.89. The summed E-state index contributed by atoms with van der Waals surface area (Å²) in [5.41, 5.74) is 0.193. The Morgan fingerprint density at radius 2 is 1.90 bits per heavy atom. The Hall–Kier alpha value is -0.980. The van der Waals surface area contributed by atoms with Gasteiger partial charge in [0.2, 0.25) is 10.0 Å². The standard InChI is InChI=1S/C15H24FNO3S/c1-11(2)5-4-6-12(3)17-21(19,20)15-9-14(16)8-7-13(15)10-18/h7-9,11-12,17-18H,4-6,10H2,1-3H3. The molecule has 0 aliphatic heterocycles. The highest BCUT2D eigenvalue weighted by Crippen LogP contribution is 2.18. The van der Waals surface area contributed by atoms with Crippen LogP contribution in [0.1, 0.15) is 45.6 Å². The summed E-state index contributed by atoms with van der Waals surface area (Å²) < 4.78 is 40.4. The molecule has 1 aromatic carbocycles. The van der Waals surface area contributed by atoms with Crippen LogP contribution in [0.4, 0.5) is 4.39 Å². The third-order valence-corrected chi connectivity index (χ3v) is 4.94. The Labute approximate surface area is 126 Å². The average molecular weight is 317 g/mol. The number of aliphatic hydroxyl groups is 1. The molecule has 0 aromatic heterocycles. The second kappa shape index (κ2) is 7.87. The summed E-state index contributed by atoms with van der Waals surface area (Å²) in [5.74, 6) is -0.0574. The molecule has 0 saturated heterocycles. The average Bonchev–Trinajstić information content (AvgIpc) is 2.37. The van der Waals surface area contributed by atoms with Gasteiger partial charge in [-0.05, 0) is 37.0 Å². The number of aliphatic hydroxyl groups excluding tert-OH is 1. The highest BCUT2D eigenvalue weighted by Gasteiger charge is 2.21. The molecule has 1 aromatic rings. The second-order valence-corrected chi connectivity index (χ2v) is 7.44. The largest absolute Gasteiger partial charge is 0.392 e. The topological polar surface area (TPSA) is 66.4 Å². The van der Waals surface area contributed by atoms with Crippen molar-refractivity contribution in [3.05, 3.63) is 29.6 Å². The predicted octanol–water partition coefficient (Wildman–Crippen LogP) is 2.81. The van der Waals surface area contributed by atoms with E-state index in [2.05, 4.69) is 18.6 Å². The van der Waals surface area contributed by atoms with Crippen molar-refractivity contribution in [1.82, 2.24) is 4.72 Å². The predicted molar refractivity (Wildman–Crippen MR) is 80.8 cm³/mol. The molecule has 2 N–H and O–H groups in total. The van der Waals surface area contributed by atoms with Crippen LogP contribution in [-0.2, 0) is 16.6 Å². The maximum absolute atomic E-state index is 13.3. The summed E-state index contributed by atoms with van der Waals surface area (Å²) >= 11 is 0. The highest BCUT2D eigenvalue weighted by atomic mass is 32.2. The van der Waals surface area contributed by atoms with Gasteiger partial charge in [-0.15, -0.1) is 0 Å². The van der Waals surface area contributed by atoms with Crippen molar-refractivity contribution in [2.24, 2.45) is 5.92 Å². The lowest BCUT2D eigenvalue weighted by atomic mass is 10.0. The molecule has 4 nitrogen and oxygen atoms in total. The van der Waals surface area contributed by atoms with E-state index < -0.39 is 22.4 Å². The number of halogens is 1. The summed E-state index contributed by atoms with van der Waals surface area (Å²) in [5, 5.41) is 9.19. The van der Waals surface area contributed by atoms with E-state index in [9.17, 15) is 17.9 Å². The van der Waals surface area contributed by atoms with Gasteiger partial charge in [0.25, 0.3) is 0 Å². The minimum atomic E-state index is -3.83. The molecule has 0 amide bonds. The lowest BCUT2D eigenvalue weighted by molar-refractivity contribution is 0.278. The third kappa shape index (κ3) is 5.73. The van der Waals surface area contributed by atoms with Gasteiger partial charge in [-0.1, -0.05) is 32.8 Å². The molecule has 0 aliphatic carbocycles. The van der Waals surface area contributed by atoms with Crippen molar-refractivity contribution in [2.75, 3.05) is 0 Å². The van der Waals surface area contributed by atoms with Gasteiger partial charge >= 0.3 is 0 Å². The van der Waals surface area contributed by atoms with Gasteiger partial charge in [0, 0.05) is 6.04 Å². The van der Waals surface area contributed by atoms with E-state index in [4.69, 9.17) is 0 Å². The Balaban J connectivity index is 2.79. The van der Waals surface area contributed by atoms with Gasteiger partial charge in [0.15, 0.2) is 0 Å². The first kappa shape index (κ1) is 18.1. The molecule has 6 heteroatoms. The Kier molecular flexibility index (Phi) is 6.77. The van der Waals surface area contributed by atoms with Crippen LogP contribution in [0.25, 0.3) is 0 Å². The first-order valence-electron chi connectivity index (χ1n) is 7.18. The molecule has 0 fully saturated rings. The minimum Gasteiger partial charge on any atom is -0.392 e. The lowest BCUT2D eigenvalue weighted by Crippen LogP contribution is -2.33. The molecule has 0 saturated carbocycles. The normalized spacial score (nSPS) is 13.6. The second-order valence-electron chi connectivity index (χ2n) is 5.76. The quantitative estimate of drug-likeness (QED) is 0.775. The summed E-state index contributed by atoms with van der Waals surface area (Å²) in [6.45, 7) is 5.58. The van der Waals surface area contributed by atoms with Gasteiger partial charge in [-0.2, -0.15) is 0 Å². The SMILES string of the molecule is CC(C)CCCC(C)NS(=O)(=O)c1cc(F)ccc1CO. The van der Waals surface area contributed by atoms with Crippen LogP contribution >= 0.6 is 0 Å². The van der Waals surface area contributed by atoms with E-state index in [1.165, 1.54) is 6.07 Å². The number of hydrogen-bond acceptors (Lipinski definition) is 3. The van der Waals surface area contributed by atoms with Crippen LogP contribution in [-0.4, -0.2) is 19.6 Å². The van der Waals surface area contributed by atoms with Crippen LogP contribution < -0.4 is 4.72 Å². The van der Waals surface area contributed by atoms with E-state index in [-0.39, 0.29) is 16.5 Å². The van der Waals surface area contributed by atoms with Crippen LogP contribution in [0.5, 0.6) is 0 Å². The molecule has 0 spiro atoms. The summed E-state index contributed by atoms with van der Waals surface area (Å²) in [6.07, 6.45) is 2.69. The Morgan fingerprint density at radius 1 is 1.24 bits per heavy atom. The summed E-state index contributed by atoms with van der Waals surface area (Å²) in [6, 6.07) is 3.13. The molecule has 120 valence electrons.